The Kier molecular flexibility index (Phi) is 6.95. The number of anilines is 1. The molecule has 132 valence electrons. The van der Waals surface area contributed by atoms with Crippen LogP contribution in [-0.2, 0) is 11.3 Å². The molecule has 6 heteroatoms. The number of hydrogen-bond acceptors (Lipinski definition) is 3. The smallest absolute Gasteiger partial charge is 0.227 e. The molecule has 6 nitrogen and oxygen atoms in total. The van der Waals surface area contributed by atoms with E-state index in [0.717, 1.165) is 18.2 Å². The number of hydrogen-bond donors (Lipinski definition) is 2. The molecule has 0 aliphatic heterocycles. The molecule has 0 fully saturated rings. The van der Waals surface area contributed by atoms with Gasteiger partial charge in [-0.25, -0.2) is 4.98 Å². The van der Waals surface area contributed by atoms with Gasteiger partial charge < -0.3 is 15.5 Å². The zero-order valence-electron chi connectivity index (χ0n) is 15.0. The molecule has 1 amide bonds. The zero-order chi connectivity index (χ0) is 18.1. The SMILES string of the molecule is CN=C(NCCC(=O)Nc1cccc(C)n1)N(C)Cc1ccccc1. The van der Waals surface area contributed by atoms with Crippen molar-refractivity contribution in [2.75, 3.05) is 26.0 Å². The van der Waals surface area contributed by atoms with Gasteiger partial charge in [-0.05, 0) is 24.6 Å². The fourth-order valence-corrected chi connectivity index (χ4v) is 2.42. The maximum atomic E-state index is 12.0. The number of guanidine groups is 1. The maximum absolute atomic E-state index is 12.0. The van der Waals surface area contributed by atoms with Crippen molar-refractivity contribution in [3.05, 3.63) is 59.8 Å². The topological polar surface area (TPSA) is 69.6 Å². The van der Waals surface area contributed by atoms with Crippen LogP contribution >= 0.6 is 0 Å². The van der Waals surface area contributed by atoms with Crippen molar-refractivity contribution in [2.45, 2.75) is 19.9 Å². The first-order valence-corrected chi connectivity index (χ1v) is 8.27. The van der Waals surface area contributed by atoms with Gasteiger partial charge in [0.25, 0.3) is 0 Å². The molecule has 0 aliphatic carbocycles. The summed E-state index contributed by atoms with van der Waals surface area (Å²) in [6, 6.07) is 15.7. The van der Waals surface area contributed by atoms with Crippen LogP contribution in [0.4, 0.5) is 5.82 Å². The van der Waals surface area contributed by atoms with Gasteiger partial charge in [-0.2, -0.15) is 0 Å². The molecular formula is C19H25N5O. The Bertz CT molecular complexity index is 715. The minimum atomic E-state index is -0.0771. The number of carbonyl (C=O) groups excluding carboxylic acids is 1. The number of benzene rings is 1. The lowest BCUT2D eigenvalue weighted by Gasteiger charge is -2.22. The quantitative estimate of drug-likeness (QED) is 0.626. The lowest BCUT2D eigenvalue weighted by molar-refractivity contribution is -0.116. The Morgan fingerprint density at radius 2 is 1.92 bits per heavy atom. The lowest BCUT2D eigenvalue weighted by Crippen LogP contribution is -2.39. The van der Waals surface area contributed by atoms with E-state index in [9.17, 15) is 4.79 Å². The van der Waals surface area contributed by atoms with Crippen molar-refractivity contribution in [1.82, 2.24) is 15.2 Å². The van der Waals surface area contributed by atoms with Gasteiger partial charge in [0.05, 0.1) is 0 Å². The molecule has 1 heterocycles. The fraction of sp³-hybridized carbons (Fsp3) is 0.316. The van der Waals surface area contributed by atoms with E-state index in [-0.39, 0.29) is 5.91 Å². The van der Waals surface area contributed by atoms with Crippen LogP contribution in [0, 0.1) is 6.92 Å². The number of carbonyl (C=O) groups is 1. The van der Waals surface area contributed by atoms with E-state index in [1.54, 1.807) is 13.1 Å². The number of aliphatic imine (C=N–C) groups is 1. The average molecular weight is 339 g/mol. The van der Waals surface area contributed by atoms with E-state index in [1.165, 1.54) is 5.56 Å². The molecule has 0 bridgehead atoms. The predicted octanol–water partition coefficient (Wildman–Crippen LogP) is 2.43. The fourth-order valence-electron chi connectivity index (χ4n) is 2.42. The highest BCUT2D eigenvalue weighted by atomic mass is 16.1. The van der Waals surface area contributed by atoms with Crippen LogP contribution in [0.1, 0.15) is 17.7 Å². The Morgan fingerprint density at radius 3 is 2.60 bits per heavy atom. The van der Waals surface area contributed by atoms with E-state index < -0.39 is 0 Å². The van der Waals surface area contributed by atoms with Crippen molar-refractivity contribution >= 4 is 17.7 Å². The molecule has 25 heavy (non-hydrogen) atoms. The third-order valence-electron chi connectivity index (χ3n) is 3.63. The Morgan fingerprint density at radius 1 is 1.16 bits per heavy atom. The highest BCUT2D eigenvalue weighted by molar-refractivity contribution is 5.90. The van der Waals surface area contributed by atoms with Gasteiger partial charge in [0, 0.05) is 39.3 Å². The molecule has 0 unspecified atom stereocenters. The largest absolute Gasteiger partial charge is 0.356 e. The number of pyridine rings is 1. The van der Waals surface area contributed by atoms with Gasteiger partial charge in [0.1, 0.15) is 5.82 Å². The van der Waals surface area contributed by atoms with E-state index >= 15 is 0 Å². The van der Waals surface area contributed by atoms with Crippen LogP contribution in [0.2, 0.25) is 0 Å². The minimum Gasteiger partial charge on any atom is -0.356 e. The summed E-state index contributed by atoms with van der Waals surface area (Å²) in [5.41, 5.74) is 2.08. The van der Waals surface area contributed by atoms with Crippen LogP contribution in [-0.4, -0.2) is 42.4 Å². The van der Waals surface area contributed by atoms with E-state index in [4.69, 9.17) is 0 Å². The van der Waals surface area contributed by atoms with Crippen molar-refractivity contribution in [1.29, 1.82) is 0 Å². The summed E-state index contributed by atoms with van der Waals surface area (Å²) >= 11 is 0. The summed E-state index contributed by atoms with van der Waals surface area (Å²) < 4.78 is 0. The minimum absolute atomic E-state index is 0.0771. The summed E-state index contributed by atoms with van der Waals surface area (Å²) in [5, 5.41) is 6.01. The monoisotopic (exact) mass is 339 g/mol. The Balaban J connectivity index is 1.77. The number of nitrogens with one attached hydrogen (secondary N) is 2. The molecular weight excluding hydrogens is 314 g/mol. The molecule has 0 saturated heterocycles. The molecule has 2 aromatic rings. The third-order valence-corrected chi connectivity index (χ3v) is 3.63. The second-order valence-electron chi connectivity index (χ2n) is 5.78. The number of nitrogens with zero attached hydrogens (tertiary/aromatic N) is 3. The summed E-state index contributed by atoms with van der Waals surface area (Å²) in [7, 11) is 3.71. The van der Waals surface area contributed by atoms with Gasteiger partial charge in [-0.3, -0.25) is 9.79 Å². The number of amides is 1. The molecule has 0 saturated carbocycles. The van der Waals surface area contributed by atoms with Crippen LogP contribution in [0.25, 0.3) is 0 Å². The molecule has 0 aliphatic rings. The number of aromatic nitrogens is 1. The van der Waals surface area contributed by atoms with Crippen molar-refractivity contribution in [3.8, 4) is 0 Å². The van der Waals surface area contributed by atoms with Crippen LogP contribution in [0.5, 0.6) is 0 Å². The predicted molar refractivity (Wildman–Crippen MR) is 101 cm³/mol. The van der Waals surface area contributed by atoms with Gasteiger partial charge in [-0.15, -0.1) is 0 Å². The first kappa shape index (κ1) is 18.4. The molecule has 0 radical (unpaired) electrons. The Hall–Kier alpha value is -2.89. The summed E-state index contributed by atoms with van der Waals surface area (Å²) in [5.74, 6) is 1.26. The first-order valence-electron chi connectivity index (χ1n) is 8.27. The summed E-state index contributed by atoms with van der Waals surface area (Å²) in [6.07, 6.45) is 0.341. The zero-order valence-corrected chi connectivity index (χ0v) is 15.0. The number of aryl methyl sites for hydroxylation is 1. The molecule has 2 rings (SSSR count). The highest BCUT2D eigenvalue weighted by Crippen LogP contribution is 2.05. The van der Waals surface area contributed by atoms with Crippen LogP contribution < -0.4 is 10.6 Å². The molecule has 1 aromatic carbocycles. The molecule has 1 aromatic heterocycles. The van der Waals surface area contributed by atoms with Gasteiger partial charge in [-0.1, -0.05) is 36.4 Å². The van der Waals surface area contributed by atoms with Crippen LogP contribution in [0.3, 0.4) is 0 Å². The maximum Gasteiger partial charge on any atom is 0.227 e. The normalized spacial score (nSPS) is 11.1. The van der Waals surface area contributed by atoms with Crippen LogP contribution in [0.15, 0.2) is 53.5 Å². The Labute approximate surface area is 149 Å². The van der Waals surface area contributed by atoms with E-state index in [0.29, 0.717) is 18.8 Å². The summed E-state index contributed by atoms with van der Waals surface area (Å²) in [4.78, 5) is 22.6. The van der Waals surface area contributed by atoms with E-state index in [1.807, 2.05) is 49.2 Å². The molecule has 0 atom stereocenters. The van der Waals surface area contributed by atoms with Crippen molar-refractivity contribution < 1.29 is 4.79 Å². The number of rotatable bonds is 6. The van der Waals surface area contributed by atoms with Crippen molar-refractivity contribution in [3.63, 3.8) is 0 Å². The van der Waals surface area contributed by atoms with Gasteiger partial charge in [0.2, 0.25) is 5.91 Å². The molecule has 0 spiro atoms. The van der Waals surface area contributed by atoms with E-state index in [2.05, 4.69) is 32.7 Å². The third kappa shape index (κ3) is 6.25. The second-order valence-corrected chi connectivity index (χ2v) is 5.78. The summed E-state index contributed by atoms with van der Waals surface area (Å²) in [6.45, 7) is 3.15. The lowest BCUT2D eigenvalue weighted by atomic mass is 10.2. The molecule has 2 N–H and O–H groups in total. The van der Waals surface area contributed by atoms with Gasteiger partial charge >= 0.3 is 0 Å². The van der Waals surface area contributed by atoms with Gasteiger partial charge in [0.15, 0.2) is 5.96 Å². The average Bonchev–Trinajstić information content (AvgIpc) is 2.59. The second kappa shape index (κ2) is 9.42. The van der Waals surface area contributed by atoms with Crippen molar-refractivity contribution in [2.24, 2.45) is 4.99 Å². The highest BCUT2D eigenvalue weighted by Gasteiger charge is 2.08. The standard InChI is InChI=1S/C19H25N5O/c1-15-8-7-11-17(22-15)23-18(25)12-13-21-19(20-2)24(3)14-16-9-5-4-6-10-16/h4-11H,12-14H2,1-3H3,(H,20,21)(H,22,23,25). The first-order chi connectivity index (χ1) is 12.1.